The maximum atomic E-state index is 4.52. The standard InChI is InChI=1S/C13H14N8S/c1-7-10(11-17-18-12(14-2)21(11)20-7)16-19-13-15-8-5-3-4-6-9(8)22-13/h3-6,16,20H,1-2H3,(H,14,18)(H,15,19). The second-order valence-electron chi connectivity index (χ2n) is 4.78. The third-order valence-electron chi connectivity index (χ3n) is 3.35. The normalized spacial score (nSPS) is 11.2. The summed E-state index contributed by atoms with van der Waals surface area (Å²) in [5.41, 5.74) is 9.79. The van der Waals surface area contributed by atoms with E-state index in [9.17, 15) is 0 Å². The Morgan fingerprint density at radius 2 is 2.05 bits per heavy atom. The molecule has 0 aliphatic heterocycles. The van der Waals surface area contributed by atoms with Gasteiger partial charge in [0.2, 0.25) is 16.7 Å². The molecule has 0 aliphatic rings. The highest BCUT2D eigenvalue weighted by Gasteiger charge is 2.14. The van der Waals surface area contributed by atoms with E-state index in [1.165, 1.54) is 0 Å². The number of thiazole rings is 1. The van der Waals surface area contributed by atoms with Gasteiger partial charge in [-0.1, -0.05) is 23.5 Å². The number of rotatable bonds is 4. The van der Waals surface area contributed by atoms with Gasteiger partial charge in [-0.15, -0.1) is 10.2 Å². The molecule has 0 saturated carbocycles. The van der Waals surface area contributed by atoms with Gasteiger partial charge in [0.1, 0.15) is 5.69 Å². The van der Waals surface area contributed by atoms with Crippen LogP contribution in [0.2, 0.25) is 0 Å². The topological polar surface area (TPSA) is 95.0 Å². The number of hydrogen-bond acceptors (Lipinski definition) is 7. The highest BCUT2D eigenvalue weighted by atomic mass is 32.1. The molecular weight excluding hydrogens is 300 g/mol. The maximum Gasteiger partial charge on any atom is 0.244 e. The van der Waals surface area contributed by atoms with Crippen molar-refractivity contribution in [1.29, 1.82) is 0 Å². The molecule has 0 saturated heterocycles. The van der Waals surface area contributed by atoms with Gasteiger partial charge in [-0.2, -0.15) is 4.52 Å². The predicted molar refractivity (Wildman–Crippen MR) is 88.5 cm³/mol. The van der Waals surface area contributed by atoms with Crippen LogP contribution in [0.1, 0.15) is 5.69 Å². The molecule has 3 heterocycles. The molecule has 9 heteroatoms. The van der Waals surface area contributed by atoms with Gasteiger partial charge in [0.25, 0.3) is 0 Å². The molecule has 0 aliphatic carbocycles. The summed E-state index contributed by atoms with van der Waals surface area (Å²) in [4.78, 5) is 4.52. The average Bonchev–Trinajstić information content (AvgIpc) is 3.18. The number of hydrogen-bond donors (Lipinski definition) is 4. The molecule has 3 aromatic heterocycles. The zero-order chi connectivity index (χ0) is 15.1. The number of nitrogens with zero attached hydrogens (tertiary/aromatic N) is 4. The molecule has 8 nitrogen and oxygen atoms in total. The van der Waals surface area contributed by atoms with Crippen LogP contribution in [0.3, 0.4) is 0 Å². The van der Waals surface area contributed by atoms with Gasteiger partial charge in [0.15, 0.2) is 0 Å². The lowest BCUT2D eigenvalue weighted by Gasteiger charge is -2.04. The summed E-state index contributed by atoms with van der Waals surface area (Å²) in [5.74, 6) is 0.658. The van der Waals surface area contributed by atoms with Crippen molar-refractivity contribution in [2.45, 2.75) is 6.92 Å². The molecule has 0 unspecified atom stereocenters. The number of aryl methyl sites for hydroxylation is 1. The molecule has 1 aromatic carbocycles. The summed E-state index contributed by atoms with van der Waals surface area (Å²) in [6.45, 7) is 1.97. The predicted octanol–water partition coefficient (Wildman–Crippen LogP) is 2.46. The molecule has 0 spiro atoms. The molecule has 4 N–H and O–H groups in total. The molecule has 22 heavy (non-hydrogen) atoms. The Morgan fingerprint density at radius 1 is 1.18 bits per heavy atom. The van der Waals surface area contributed by atoms with Crippen LogP contribution in [0.25, 0.3) is 15.9 Å². The van der Waals surface area contributed by atoms with Gasteiger partial charge in [-0.25, -0.2) is 4.98 Å². The zero-order valence-electron chi connectivity index (χ0n) is 12.0. The van der Waals surface area contributed by atoms with Crippen molar-refractivity contribution in [3.8, 4) is 0 Å². The smallest absolute Gasteiger partial charge is 0.244 e. The third-order valence-corrected chi connectivity index (χ3v) is 4.30. The molecule has 4 rings (SSSR count). The minimum atomic E-state index is 0.658. The Labute approximate surface area is 129 Å². The second kappa shape index (κ2) is 4.88. The Balaban J connectivity index is 1.63. The lowest BCUT2D eigenvalue weighted by molar-refractivity contribution is 0.933. The fourth-order valence-corrected chi connectivity index (χ4v) is 3.12. The van der Waals surface area contributed by atoms with Crippen LogP contribution >= 0.6 is 11.3 Å². The number of aromatic amines is 1. The highest BCUT2D eigenvalue weighted by Crippen LogP contribution is 2.27. The summed E-state index contributed by atoms with van der Waals surface area (Å²) in [5, 5.41) is 15.2. The van der Waals surface area contributed by atoms with E-state index in [0.717, 1.165) is 32.4 Å². The Kier molecular flexibility index (Phi) is 2.86. The highest BCUT2D eigenvalue weighted by molar-refractivity contribution is 7.22. The van der Waals surface area contributed by atoms with E-state index < -0.39 is 0 Å². The van der Waals surface area contributed by atoms with Crippen LogP contribution < -0.4 is 16.2 Å². The number of para-hydroxylation sites is 1. The SMILES string of the molecule is CNc1nnc2c(NNc3nc4ccccc4s3)c(C)[nH]n12. The van der Waals surface area contributed by atoms with E-state index in [-0.39, 0.29) is 0 Å². The molecule has 4 aromatic rings. The number of H-pyrrole nitrogens is 1. The third kappa shape index (κ3) is 1.94. The van der Waals surface area contributed by atoms with Gasteiger partial charge in [0.05, 0.1) is 15.9 Å². The van der Waals surface area contributed by atoms with E-state index in [2.05, 4.69) is 42.5 Å². The summed E-state index contributed by atoms with van der Waals surface area (Å²) >= 11 is 1.59. The lowest BCUT2D eigenvalue weighted by atomic mass is 10.3. The quantitative estimate of drug-likeness (QED) is 0.432. The number of anilines is 3. The molecule has 0 bridgehead atoms. The maximum absolute atomic E-state index is 4.52. The van der Waals surface area contributed by atoms with E-state index in [1.807, 2.05) is 25.1 Å². The molecule has 0 amide bonds. The molecule has 0 atom stereocenters. The van der Waals surface area contributed by atoms with Gasteiger partial charge < -0.3 is 5.32 Å². The number of benzene rings is 1. The van der Waals surface area contributed by atoms with E-state index in [1.54, 1.807) is 22.9 Å². The summed E-state index contributed by atoms with van der Waals surface area (Å²) in [6.07, 6.45) is 0. The number of nitrogens with one attached hydrogen (secondary N) is 4. The van der Waals surface area contributed by atoms with Crippen LogP contribution in [-0.2, 0) is 0 Å². The molecule has 112 valence electrons. The van der Waals surface area contributed by atoms with Crippen molar-refractivity contribution in [2.24, 2.45) is 0 Å². The van der Waals surface area contributed by atoms with Crippen molar-refractivity contribution in [3.63, 3.8) is 0 Å². The van der Waals surface area contributed by atoms with Gasteiger partial charge >= 0.3 is 0 Å². The van der Waals surface area contributed by atoms with Gasteiger partial charge in [0, 0.05) is 7.05 Å². The van der Waals surface area contributed by atoms with E-state index in [4.69, 9.17) is 0 Å². The second-order valence-corrected chi connectivity index (χ2v) is 5.81. The summed E-state index contributed by atoms with van der Waals surface area (Å²) in [7, 11) is 1.80. The average molecular weight is 314 g/mol. The minimum absolute atomic E-state index is 0.658. The van der Waals surface area contributed by atoms with Crippen molar-refractivity contribution < 1.29 is 0 Å². The van der Waals surface area contributed by atoms with Gasteiger partial charge in [-0.05, 0) is 19.1 Å². The first kappa shape index (κ1) is 12.9. The molecule has 0 radical (unpaired) electrons. The van der Waals surface area contributed by atoms with Crippen LogP contribution in [0.5, 0.6) is 0 Å². The Hall–Kier alpha value is -2.81. The zero-order valence-corrected chi connectivity index (χ0v) is 12.8. The Bertz CT molecular complexity index is 917. The van der Waals surface area contributed by atoms with Gasteiger partial charge in [-0.3, -0.25) is 16.0 Å². The fraction of sp³-hybridized carbons (Fsp3) is 0.154. The van der Waals surface area contributed by atoms with Crippen molar-refractivity contribution in [1.82, 2.24) is 24.8 Å². The van der Waals surface area contributed by atoms with E-state index >= 15 is 0 Å². The number of fused-ring (bicyclic) bond motifs is 2. The van der Waals surface area contributed by atoms with E-state index in [0.29, 0.717) is 5.95 Å². The minimum Gasteiger partial charge on any atom is -0.356 e. The van der Waals surface area contributed by atoms with Crippen LogP contribution in [-0.4, -0.2) is 31.8 Å². The molecule has 0 fully saturated rings. The van der Waals surface area contributed by atoms with Crippen LogP contribution in [0.4, 0.5) is 16.8 Å². The summed E-state index contributed by atoms with van der Waals surface area (Å²) in [6, 6.07) is 8.03. The largest absolute Gasteiger partial charge is 0.356 e. The van der Waals surface area contributed by atoms with Crippen molar-refractivity contribution in [3.05, 3.63) is 30.0 Å². The number of hydrazine groups is 1. The fourth-order valence-electron chi connectivity index (χ4n) is 2.30. The monoisotopic (exact) mass is 314 g/mol. The van der Waals surface area contributed by atoms with Crippen molar-refractivity contribution >= 4 is 44.0 Å². The van der Waals surface area contributed by atoms with Crippen molar-refractivity contribution in [2.75, 3.05) is 23.2 Å². The first-order valence-electron chi connectivity index (χ1n) is 6.75. The Morgan fingerprint density at radius 3 is 2.86 bits per heavy atom. The first-order valence-corrected chi connectivity index (χ1v) is 7.57. The lowest BCUT2D eigenvalue weighted by Crippen LogP contribution is -2.09. The number of aromatic nitrogens is 5. The molecular formula is C13H14N8S. The first-order chi connectivity index (χ1) is 10.8. The van der Waals surface area contributed by atoms with Crippen LogP contribution in [0.15, 0.2) is 24.3 Å². The van der Waals surface area contributed by atoms with Crippen LogP contribution in [0, 0.1) is 6.92 Å². The summed E-state index contributed by atoms with van der Waals surface area (Å²) < 4.78 is 2.93.